The van der Waals surface area contributed by atoms with Gasteiger partial charge in [-0.25, -0.2) is 4.98 Å². The Morgan fingerprint density at radius 2 is 1.88 bits per heavy atom. The van der Waals surface area contributed by atoms with Gasteiger partial charge in [-0.05, 0) is 42.7 Å². The fraction of sp³-hybridized carbons (Fsp3) is 0.200. The second-order valence-corrected chi connectivity index (χ2v) is 6.64. The Morgan fingerprint density at radius 1 is 1.12 bits per heavy atom. The van der Waals surface area contributed by atoms with Crippen molar-refractivity contribution >= 4 is 34.3 Å². The van der Waals surface area contributed by atoms with Crippen LogP contribution >= 0.6 is 11.8 Å². The molecule has 3 aromatic rings. The van der Waals surface area contributed by atoms with Crippen molar-refractivity contribution in [3.05, 3.63) is 65.7 Å². The summed E-state index contributed by atoms with van der Waals surface area (Å²) in [6.07, 6.45) is 0.898. The first-order chi connectivity index (χ1) is 11.7. The lowest BCUT2D eigenvalue weighted by Crippen LogP contribution is -2.15. The maximum atomic E-state index is 12.2. The maximum absolute atomic E-state index is 12.2. The highest BCUT2D eigenvalue weighted by Crippen LogP contribution is 2.24. The van der Waals surface area contributed by atoms with E-state index in [0.717, 1.165) is 33.6 Å². The average Bonchev–Trinajstić information content (AvgIpc) is 2.60. The number of pyridine rings is 1. The summed E-state index contributed by atoms with van der Waals surface area (Å²) in [4.78, 5) is 16.9. The van der Waals surface area contributed by atoms with Gasteiger partial charge in [-0.2, -0.15) is 0 Å². The molecule has 0 spiro atoms. The van der Waals surface area contributed by atoms with Crippen molar-refractivity contribution in [1.82, 2.24) is 4.98 Å². The summed E-state index contributed by atoms with van der Waals surface area (Å²) in [5, 5.41) is 5.03. The Labute approximate surface area is 146 Å². The van der Waals surface area contributed by atoms with E-state index in [1.165, 1.54) is 17.3 Å². The van der Waals surface area contributed by atoms with E-state index in [2.05, 4.69) is 30.2 Å². The number of thioether (sulfide) groups is 1. The molecule has 1 heterocycles. The molecule has 122 valence electrons. The van der Waals surface area contributed by atoms with Crippen LogP contribution in [0.25, 0.3) is 10.9 Å². The molecule has 1 N–H and O–H groups in total. The van der Waals surface area contributed by atoms with Gasteiger partial charge < -0.3 is 5.32 Å². The van der Waals surface area contributed by atoms with E-state index in [-0.39, 0.29) is 5.91 Å². The third kappa shape index (κ3) is 3.77. The molecule has 0 aliphatic carbocycles. The standard InChI is InChI=1S/C20H20N2OS/c1-3-15-8-4-6-10-17(15)21-19(23)13-24-20-12-14(2)16-9-5-7-11-18(16)22-20/h4-12H,3,13H2,1-2H3,(H,21,23). The minimum absolute atomic E-state index is 0.00601. The number of carbonyl (C=O) groups excluding carboxylic acids is 1. The largest absolute Gasteiger partial charge is 0.325 e. The molecule has 3 rings (SSSR count). The Kier molecular flexibility index (Phi) is 5.16. The number of carbonyl (C=O) groups is 1. The number of nitrogens with one attached hydrogen (secondary N) is 1. The first-order valence-corrected chi connectivity index (χ1v) is 9.03. The van der Waals surface area contributed by atoms with E-state index >= 15 is 0 Å². The van der Waals surface area contributed by atoms with Crippen molar-refractivity contribution in [2.75, 3.05) is 11.1 Å². The van der Waals surface area contributed by atoms with E-state index in [4.69, 9.17) is 0 Å². The number of benzene rings is 2. The number of fused-ring (bicyclic) bond motifs is 1. The van der Waals surface area contributed by atoms with E-state index in [0.29, 0.717) is 5.75 Å². The predicted molar refractivity (Wildman–Crippen MR) is 102 cm³/mol. The molecule has 1 aromatic heterocycles. The zero-order chi connectivity index (χ0) is 16.9. The molecule has 3 nitrogen and oxygen atoms in total. The molecule has 1 amide bonds. The molecule has 0 radical (unpaired) electrons. The normalized spacial score (nSPS) is 10.8. The topological polar surface area (TPSA) is 42.0 Å². The van der Waals surface area contributed by atoms with Gasteiger partial charge in [0.2, 0.25) is 5.91 Å². The second-order valence-electron chi connectivity index (χ2n) is 5.64. The van der Waals surface area contributed by atoms with Gasteiger partial charge in [-0.1, -0.05) is 55.1 Å². The number of hydrogen-bond donors (Lipinski definition) is 1. The van der Waals surface area contributed by atoms with Crippen molar-refractivity contribution in [3.8, 4) is 0 Å². The average molecular weight is 336 g/mol. The molecule has 0 aliphatic rings. The molecular weight excluding hydrogens is 316 g/mol. The van der Waals surface area contributed by atoms with Crippen LogP contribution in [-0.2, 0) is 11.2 Å². The number of rotatable bonds is 5. The van der Waals surface area contributed by atoms with Crippen LogP contribution < -0.4 is 5.32 Å². The lowest BCUT2D eigenvalue weighted by atomic mass is 10.1. The van der Waals surface area contributed by atoms with Crippen LogP contribution in [0.4, 0.5) is 5.69 Å². The molecule has 2 aromatic carbocycles. The molecule has 4 heteroatoms. The highest BCUT2D eigenvalue weighted by atomic mass is 32.2. The van der Waals surface area contributed by atoms with Crippen molar-refractivity contribution in [2.24, 2.45) is 0 Å². The van der Waals surface area contributed by atoms with Crippen molar-refractivity contribution in [1.29, 1.82) is 0 Å². The van der Waals surface area contributed by atoms with Crippen molar-refractivity contribution in [3.63, 3.8) is 0 Å². The SMILES string of the molecule is CCc1ccccc1NC(=O)CSc1cc(C)c2ccccc2n1. The van der Waals surface area contributed by atoms with Crippen LogP contribution in [0.1, 0.15) is 18.1 Å². The fourth-order valence-electron chi connectivity index (χ4n) is 2.67. The van der Waals surface area contributed by atoms with Gasteiger partial charge >= 0.3 is 0 Å². The Bertz CT molecular complexity index is 876. The van der Waals surface area contributed by atoms with Crippen LogP contribution in [0.5, 0.6) is 0 Å². The van der Waals surface area contributed by atoms with Crippen LogP contribution in [0.2, 0.25) is 0 Å². The van der Waals surface area contributed by atoms with Crippen LogP contribution in [0.15, 0.2) is 59.6 Å². The lowest BCUT2D eigenvalue weighted by molar-refractivity contribution is -0.113. The van der Waals surface area contributed by atoms with Gasteiger partial charge in [0.25, 0.3) is 0 Å². The summed E-state index contributed by atoms with van der Waals surface area (Å²) >= 11 is 1.47. The monoisotopic (exact) mass is 336 g/mol. The zero-order valence-electron chi connectivity index (χ0n) is 13.9. The first kappa shape index (κ1) is 16.5. The number of anilines is 1. The van der Waals surface area contributed by atoms with Gasteiger partial charge in [0, 0.05) is 11.1 Å². The molecular formula is C20H20N2OS. The quantitative estimate of drug-likeness (QED) is 0.678. The first-order valence-electron chi connectivity index (χ1n) is 8.04. The van der Waals surface area contributed by atoms with Crippen LogP contribution in [0, 0.1) is 6.92 Å². The zero-order valence-corrected chi connectivity index (χ0v) is 14.7. The van der Waals surface area contributed by atoms with E-state index in [1.54, 1.807) is 0 Å². The summed E-state index contributed by atoms with van der Waals surface area (Å²) in [6, 6.07) is 18.0. The number of aryl methyl sites for hydroxylation is 2. The number of aromatic nitrogens is 1. The Balaban J connectivity index is 1.68. The van der Waals surface area contributed by atoms with E-state index < -0.39 is 0 Å². The van der Waals surface area contributed by atoms with Gasteiger partial charge in [-0.15, -0.1) is 0 Å². The Morgan fingerprint density at radius 3 is 2.71 bits per heavy atom. The molecule has 24 heavy (non-hydrogen) atoms. The van der Waals surface area contributed by atoms with E-state index in [1.807, 2.05) is 48.5 Å². The smallest absolute Gasteiger partial charge is 0.234 e. The summed E-state index contributed by atoms with van der Waals surface area (Å²) in [6.45, 7) is 4.16. The van der Waals surface area contributed by atoms with Gasteiger partial charge in [-0.3, -0.25) is 4.79 Å². The highest BCUT2D eigenvalue weighted by Gasteiger charge is 2.08. The lowest BCUT2D eigenvalue weighted by Gasteiger charge is -2.10. The van der Waals surface area contributed by atoms with E-state index in [9.17, 15) is 4.79 Å². The van der Waals surface area contributed by atoms with Gasteiger partial charge in [0.05, 0.1) is 16.3 Å². The minimum atomic E-state index is -0.00601. The summed E-state index contributed by atoms with van der Waals surface area (Å²) < 4.78 is 0. The maximum Gasteiger partial charge on any atom is 0.234 e. The number of amides is 1. The molecule has 0 saturated heterocycles. The molecule has 0 unspecified atom stereocenters. The number of hydrogen-bond acceptors (Lipinski definition) is 3. The highest BCUT2D eigenvalue weighted by molar-refractivity contribution is 7.99. The molecule has 0 aliphatic heterocycles. The second kappa shape index (κ2) is 7.49. The van der Waals surface area contributed by atoms with Crippen molar-refractivity contribution in [2.45, 2.75) is 25.3 Å². The molecule has 0 atom stereocenters. The molecule has 0 bridgehead atoms. The third-order valence-corrected chi connectivity index (χ3v) is 4.83. The van der Waals surface area contributed by atoms with Gasteiger partial charge in [0.1, 0.15) is 0 Å². The third-order valence-electron chi connectivity index (χ3n) is 3.92. The van der Waals surface area contributed by atoms with Crippen LogP contribution in [-0.4, -0.2) is 16.6 Å². The molecule has 0 fully saturated rings. The van der Waals surface area contributed by atoms with Crippen LogP contribution in [0.3, 0.4) is 0 Å². The predicted octanol–water partition coefficient (Wildman–Crippen LogP) is 4.84. The number of nitrogens with zero attached hydrogens (tertiary/aromatic N) is 1. The summed E-state index contributed by atoms with van der Waals surface area (Å²) in [5.74, 6) is 0.344. The molecule has 0 saturated carbocycles. The number of para-hydroxylation sites is 2. The Hall–Kier alpha value is -2.33. The minimum Gasteiger partial charge on any atom is -0.325 e. The fourth-order valence-corrected chi connectivity index (χ4v) is 3.44. The van der Waals surface area contributed by atoms with Gasteiger partial charge in [0.15, 0.2) is 0 Å². The summed E-state index contributed by atoms with van der Waals surface area (Å²) in [5.41, 5.74) is 4.19. The van der Waals surface area contributed by atoms with Crippen molar-refractivity contribution < 1.29 is 4.79 Å². The summed E-state index contributed by atoms with van der Waals surface area (Å²) in [7, 11) is 0.